The van der Waals surface area contributed by atoms with Crippen molar-refractivity contribution in [3.8, 4) is 11.5 Å². The van der Waals surface area contributed by atoms with Gasteiger partial charge in [0.25, 0.3) is 5.91 Å². The predicted octanol–water partition coefficient (Wildman–Crippen LogP) is 1.21. The Kier molecular flexibility index (Phi) is 3.88. The van der Waals surface area contributed by atoms with Gasteiger partial charge in [-0.1, -0.05) is 5.16 Å². The van der Waals surface area contributed by atoms with Crippen molar-refractivity contribution in [1.29, 1.82) is 0 Å². The maximum atomic E-state index is 13.5. The van der Waals surface area contributed by atoms with Crippen molar-refractivity contribution in [1.82, 2.24) is 4.90 Å². The highest BCUT2D eigenvalue weighted by atomic mass is 19.1. The lowest BCUT2D eigenvalue weighted by atomic mass is 10.1. The van der Waals surface area contributed by atoms with Crippen LogP contribution in [0.4, 0.5) is 4.39 Å². The first-order valence-corrected chi connectivity index (χ1v) is 5.80. The largest absolute Gasteiger partial charge is 0.502 e. The van der Waals surface area contributed by atoms with Gasteiger partial charge in [-0.15, -0.1) is 0 Å². The molecule has 0 saturated heterocycles. The van der Waals surface area contributed by atoms with Crippen molar-refractivity contribution in [3.63, 3.8) is 0 Å². The molecule has 1 aliphatic rings. The highest BCUT2D eigenvalue weighted by Gasteiger charge is 2.26. The molecule has 0 unspecified atom stereocenters. The van der Waals surface area contributed by atoms with Gasteiger partial charge in [-0.2, -0.15) is 0 Å². The smallest absolute Gasteiger partial charge is 0.277 e. The van der Waals surface area contributed by atoms with E-state index in [1.54, 1.807) is 0 Å². The number of carbonyl (C=O) groups is 1. The van der Waals surface area contributed by atoms with E-state index in [1.807, 2.05) is 0 Å². The first-order valence-electron chi connectivity index (χ1n) is 5.80. The van der Waals surface area contributed by atoms with Gasteiger partial charge in [0.05, 0.1) is 7.11 Å². The van der Waals surface area contributed by atoms with Crippen LogP contribution < -0.4 is 4.74 Å². The monoisotopic (exact) mass is 293 g/mol. The Morgan fingerprint density at radius 2 is 2.19 bits per heavy atom. The maximum Gasteiger partial charge on any atom is 0.277 e. The number of oxime groups is 1. The molecule has 0 atom stereocenters. The van der Waals surface area contributed by atoms with Crippen molar-refractivity contribution >= 4 is 24.0 Å². The van der Waals surface area contributed by atoms with Crippen LogP contribution in [-0.2, 0) is 4.79 Å². The van der Waals surface area contributed by atoms with Crippen LogP contribution in [0.1, 0.15) is 5.56 Å². The summed E-state index contributed by atoms with van der Waals surface area (Å²) in [6.45, 7) is 0. The third-order valence-corrected chi connectivity index (χ3v) is 2.85. The number of ether oxygens (including phenoxy) is 1. The number of amidine groups is 1. The summed E-state index contributed by atoms with van der Waals surface area (Å²) >= 11 is 0. The van der Waals surface area contributed by atoms with Crippen molar-refractivity contribution in [2.75, 3.05) is 14.2 Å². The van der Waals surface area contributed by atoms with E-state index < -0.39 is 17.5 Å². The minimum absolute atomic E-state index is 0.0412. The molecule has 0 aromatic heterocycles. The summed E-state index contributed by atoms with van der Waals surface area (Å²) in [6, 6.07) is 2.41. The number of phenolic OH excluding ortho intramolecular Hbond substituents is 1. The summed E-state index contributed by atoms with van der Waals surface area (Å²) in [5, 5.41) is 20.7. The molecule has 110 valence electrons. The van der Waals surface area contributed by atoms with Crippen LogP contribution in [0.15, 0.2) is 28.0 Å². The number of amides is 1. The zero-order chi connectivity index (χ0) is 15.6. The van der Waals surface area contributed by atoms with E-state index in [0.29, 0.717) is 5.56 Å². The van der Waals surface area contributed by atoms with Crippen LogP contribution in [0.5, 0.6) is 11.5 Å². The zero-order valence-corrected chi connectivity index (χ0v) is 11.2. The van der Waals surface area contributed by atoms with E-state index in [4.69, 9.17) is 9.94 Å². The molecule has 1 aromatic carbocycles. The fourth-order valence-corrected chi connectivity index (χ4v) is 1.77. The molecular formula is C13H12FN3O4. The van der Waals surface area contributed by atoms with Crippen molar-refractivity contribution in [3.05, 3.63) is 29.2 Å². The van der Waals surface area contributed by atoms with Crippen molar-refractivity contribution in [2.45, 2.75) is 0 Å². The first-order chi connectivity index (χ1) is 9.97. The molecule has 7 nitrogen and oxygen atoms in total. The van der Waals surface area contributed by atoms with Gasteiger partial charge in [0.2, 0.25) is 0 Å². The zero-order valence-electron chi connectivity index (χ0n) is 11.2. The van der Waals surface area contributed by atoms with Crippen LogP contribution in [0.25, 0.3) is 6.08 Å². The van der Waals surface area contributed by atoms with Crippen LogP contribution >= 0.6 is 0 Å². The number of hydrogen-bond donors (Lipinski definition) is 2. The summed E-state index contributed by atoms with van der Waals surface area (Å²) in [4.78, 5) is 17.1. The number of aliphatic imine (C=N–C) groups is 1. The number of hydrogen-bond acceptors (Lipinski definition) is 6. The Balaban J connectivity index is 2.45. The molecule has 0 aliphatic carbocycles. The fourth-order valence-electron chi connectivity index (χ4n) is 1.77. The Morgan fingerprint density at radius 1 is 1.48 bits per heavy atom. The lowest BCUT2D eigenvalue weighted by Crippen LogP contribution is -2.28. The molecule has 1 aliphatic heterocycles. The van der Waals surface area contributed by atoms with Gasteiger partial charge in [0, 0.05) is 7.05 Å². The summed E-state index contributed by atoms with van der Waals surface area (Å²) in [7, 11) is 2.75. The minimum atomic E-state index is -0.874. The number of nitrogens with zero attached hydrogens (tertiary/aromatic N) is 3. The van der Waals surface area contributed by atoms with E-state index in [0.717, 1.165) is 12.3 Å². The third-order valence-electron chi connectivity index (χ3n) is 2.85. The van der Waals surface area contributed by atoms with Gasteiger partial charge >= 0.3 is 0 Å². The topological polar surface area (TPSA) is 94.7 Å². The summed E-state index contributed by atoms with van der Waals surface area (Å²) in [6.07, 6.45) is 2.35. The van der Waals surface area contributed by atoms with E-state index in [1.165, 1.54) is 31.2 Å². The van der Waals surface area contributed by atoms with Gasteiger partial charge in [-0.05, 0) is 23.8 Å². The van der Waals surface area contributed by atoms with E-state index in [2.05, 4.69) is 10.1 Å². The average Bonchev–Trinajstić information content (AvgIpc) is 2.71. The first kappa shape index (κ1) is 14.5. The Labute approximate surface area is 119 Å². The molecule has 8 heteroatoms. The molecule has 1 aromatic rings. The second-order valence-corrected chi connectivity index (χ2v) is 4.16. The Morgan fingerprint density at radius 3 is 2.81 bits per heavy atom. The van der Waals surface area contributed by atoms with E-state index >= 15 is 0 Å². The van der Waals surface area contributed by atoms with Crippen LogP contribution in [0.3, 0.4) is 0 Å². The molecule has 0 radical (unpaired) electrons. The fraction of sp³-hybridized carbons (Fsp3) is 0.154. The second-order valence-electron chi connectivity index (χ2n) is 4.16. The SMILES string of the molecule is COc1cc(/C=C2\N=C(C=NO)N(C)C2=O)cc(F)c1O. The van der Waals surface area contributed by atoms with Crippen LogP contribution in [0, 0.1) is 5.82 Å². The molecule has 0 bridgehead atoms. The standard InChI is InChI=1S/C13H12FN3O4/c1-17-11(6-15-20)16-9(13(17)19)4-7-3-8(14)12(18)10(5-7)21-2/h3-6,18,20H,1-2H3/b9-4-,15-6?. The molecule has 1 heterocycles. The summed E-state index contributed by atoms with van der Waals surface area (Å²) in [5.74, 6) is -1.81. The normalized spacial score (nSPS) is 16.9. The molecule has 2 rings (SSSR count). The third kappa shape index (κ3) is 2.69. The van der Waals surface area contributed by atoms with E-state index in [9.17, 15) is 14.3 Å². The number of phenols is 1. The van der Waals surface area contributed by atoms with Crippen LogP contribution in [-0.4, -0.2) is 47.3 Å². The molecule has 21 heavy (non-hydrogen) atoms. The van der Waals surface area contributed by atoms with Crippen molar-refractivity contribution in [2.24, 2.45) is 10.1 Å². The minimum Gasteiger partial charge on any atom is -0.502 e. The lowest BCUT2D eigenvalue weighted by molar-refractivity contribution is -0.121. The van der Waals surface area contributed by atoms with Gasteiger partial charge in [-0.25, -0.2) is 9.38 Å². The molecule has 1 amide bonds. The molecule has 0 saturated carbocycles. The number of methoxy groups -OCH3 is 1. The number of benzene rings is 1. The highest BCUT2D eigenvalue weighted by molar-refractivity contribution is 6.37. The Bertz CT molecular complexity index is 682. The van der Waals surface area contributed by atoms with Gasteiger partial charge in [0.15, 0.2) is 23.2 Å². The lowest BCUT2D eigenvalue weighted by Gasteiger charge is -2.07. The number of carbonyl (C=O) groups excluding carboxylic acids is 1. The quantitative estimate of drug-likeness (QED) is 0.379. The molecule has 2 N–H and O–H groups in total. The van der Waals surface area contributed by atoms with E-state index in [-0.39, 0.29) is 17.3 Å². The highest BCUT2D eigenvalue weighted by Crippen LogP contribution is 2.31. The van der Waals surface area contributed by atoms with Crippen LogP contribution in [0.2, 0.25) is 0 Å². The molecule has 0 fully saturated rings. The molecular weight excluding hydrogens is 281 g/mol. The number of aromatic hydroxyl groups is 1. The van der Waals surface area contributed by atoms with Crippen molar-refractivity contribution < 1.29 is 24.2 Å². The van der Waals surface area contributed by atoms with Gasteiger partial charge in [0.1, 0.15) is 11.9 Å². The summed E-state index contributed by atoms with van der Waals surface area (Å²) in [5.41, 5.74) is 0.337. The maximum absolute atomic E-state index is 13.5. The predicted molar refractivity (Wildman–Crippen MR) is 73.1 cm³/mol. The average molecular weight is 293 g/mol. The Hall–Kier alpha value is -2.90. The van der Waals surface area contributed by atoms with Gasteiger partial charge in [-0.3, -0.25) is 9.69 Å². The second kappa shape index (κ2) is 5.61. The number of rotatable bonds is 3. The summed E-state index contributed by atoms with van der Waals surface area (Å²) < 4.78 is 18.4. The number of halogens is 1. The number of likely N-dealkylation sites (N-methyl/N-ethyl adjacent to an activating group) is 1. The molecule has 0 spiro atoms. The van der Waals surface area contributed by atoms with Gasteiger partial charge < -0.3 is 15.1 Å².